The number of nitrogens with one attached hydrogen (secondary N) is 1. The van der Waals surface area contributed by atoms with Crippen molar-refractivity contribution in [2.75, 3.05) is 18.4 Å². The van der Waals surface area contributed by atoms with Crippen molar-refractivity contribution in [1.82, 2.24) is 19.7 Å². The van der Waals surface area contributed by atoms with Gasteiger partial charge in [0.25, 0.3) is 0 Å². The van der Waals surface area contributed by atoms with Gasteiger partial charge >= 0.3 is 0 Å². The maximum absolute atomic E-state index is 12.7. The maximum atomic E-state index is 12.7. The van der Waals surface area contributed by atoms with Crippen molar-refractivity contribution >= 4 is 29.3 Å². The summed E-state index contributed by atoms with van der Waals surface area (Å²) in [6.07, 6.45) is 13.6. The fourth-order valence-electron chi connectivity index (χ4n) is 4.53. The van der Waals surface area contributed by atoms with E-state index in [-0.39, 0.29) is 11.8 Å². The molecule has 29 heavy (non-hydrogen) atoms. The van der Waals surface area contributed by atoms with Gasteiger partial charge in [-0.05, 0) is 53.5 Å². The van der Waals surface area contributed by atoms with Crippen LogP contribution in [-0.4, -0.2) is 44.6 Å². The molecule has 2 aromatic rings. The second kappa shape index (κ2) is 6.99. The zero-order chi connectivity index (χ0) is 20.0. The standard InChI is InChI=1S/C22H23N5O2/c1-26-11-19(10-24-26)16-7-17-12-27(13-18(17)8-16)21(29)5-2-14-6-15-3-4-20(28)25-22(15)23-9-14/h2,5-7,9-11,17-18H,3-4,8,12-13H2,1H3,(H,23,25,28). The third kappa shape index (κ3) is 3.48. The molecule has 1 saturated heterocycles. The van der Waals surface area contributed by atoms with Crippen LogP contribution in [0.15, 0.2) is 36.8 Å². The van der Waals surface area contributed by atoms with E-state index >= 15 is 0 Å². The molecule has 1 fully saturated rings. The van der Waals surface area contributed by atoms with Crippen molar-refractivity contribution in [3.05, 3.63) is 53.5 Å². The summed E-state index contributed by atoms with van der Waals surface area (Å²) in [6, 6.07) is 1.99. The highest BCUT2D eigenvalue weighted by atomic mass is 16.2. The molecule has 2 unspecified atom stereocenters. The van der Waals surface area contributed by atoms with E-state index in [0.717, 1.165) is 30.6 Å². The van der Waals surface area contributed by atoms with E-state index in [2.05, 4.69) is 27.7 Å². The predicted octanol–water partition coefficient (Wildman–Crippen LogP) is 2.27. The smallest absolute Gasteiger partial charge is 0.246 e. The number of nitrogens with zero attached hydrogens (tertiary/aromatic N) is 4. The molecule has 1 N–H and O–H groups in total. The number of hydrogen-bond acceptors (Lipinski definition) is 4. The molecule has 0 saturated carbocycles. The SMILES string of the molecule is Cn1cc(C2=CC3CN(C(=O)C=Cc4cnc5c(c4)CCC(=O)N5)CC3C2)cn1. The minimum absolute atomic E-state index is 0.00351. The largest absolute Gasteiger partial charge is 0.338 e. The lowest BCUT2D eigenvalue weighted by Gasteiger charge is -2.16. The van der Waals surface area contributed by atoms with Crippen molar-refractivity contribution in [3.8, 4) is 0 Å². The summed E-state index contributed by atoms with van der Waals surface area (Å²) in [5.74, 6) is 1.60. The second-order valence-corrected chi connectivity index (χ2v) is 8.12. The predicted molar refractivity (Wildman–Crippen MR) is 110 cm³/mol. The third-order valence-electron chi connectivity index (χ3n) is 6.06. The number of carbonyl (C=O) groups excluding carboxylic acids is 2. The van der Waals surface area contributed by atoms with Crippen LogP contribution in [0.2, 0.25) is 0 Å². The molecule has 7 heteroatoms. The van der Waals surface area contributed by atoms with Gasteiger partial charge in [-0.2, -0.15) is 5.10 Å². The Morgan fingerprint density at radius 1 is 1.28 bits per heavy atom. The summed E-state index contributed by atoms with van der Waals surface area (Å²) in [5.41, 5.74) is 4.44. The third-order valence-corrected chi connectivity index (χ3v) is 6.06. The molecule has 1 aliphatic carbocycles. The zero-order valence-electron chi connectivity index (χ0n) is 16.3. The number of likely N-dealkylation sites (tertiary alicyclic amines) is 1. The summed E-state index contributed by atoms with van der Waals surface area (Å²) in [7, 11) is 1.93. The molecule has 2 aliphatic heterocycles. The van der Waals surface area contributed by atoms with E-state index in [1.807, 2.05) is 35.0 Å². The first kappa shape index (κ1) is 17.8. The van der Waals surface area contributed by atoms with Crippen LogP contribution in [0, 0.1) is 11.8 Å². The number of aromatic nitrogens is 3. The van der Waals surface area contributed by atoms with Gasteiger partial charge in [0.2, 0.25) is 11.8 Å². The molecule has 3 aliphatic rings. The highest BCUT2D eigenvalue weighted by Gasteiger charge is 2.38. The topological polar surface area (TPSA) is 80.1 Å². The average molecular weight is 389 g/mol. The summed E-state index contributed by atoms with van der Waals surface area (Å²) < 4.78 is 1.83. The van der Waals surface area contributed by atoms with Crippen LogP contribution >= 0.6 is 0 Å². The van der Waals surface area contributed by atoms with Crippen LogP contribution in [0.3, 0.4) is 0 Å². The molecule has 7 nitrogen and oxygen atoms in total. The second-order valence-electron chi connectivity index (χ2n) is 8.12. The van der Waals surface area contributed by atoms with Crippen molar-refractivity contribution in [3.63, 3.8) is 0 Å². The molecule has 0 aromatic carbocycles. The van der Waals surface area contributed by atoms with Crippen molar-refractivity contribution < 1.29 is 9.59 Å². The normalized spacial score (nSPS) is 23.1. The quantitative estimate of drug-likeness (QED) is 0.817. The van der Waals surface area contributed by atoms with Gasteiger partial charge in [0, 0.05) is 50.6 Å². The fourth-order valence-corrected chi connectivity index (χ4v) is 4.53. The Balaban J connectivity index is 1.23. The fraction of sp³-hybridized carbons (Fsp3) is 0.364. The lowest BCUT2D eigenvalue weighted by molar-refractivity contribution is -0.125. The van der Waals surface area contributed by atoms with E-state index in [4.69, 9.17) is 0 Å². The molecule has 0 radical (unpaired) electrons. The van der Waals surface area contributed by atoms with E-state index < -0.39 is 0 Å². The summed E-state index contributed by atoms with van der Waals surface area (Å²) >= 11 is 0. The monoisotopic (exact) mass is 389 g/mol. The molecule has 2 aromatic heterocycles. The Hall–Kier alpha value is -3.22. The van der Waals surface area contributed by atoms with Gasteiger partial charge < -0.3 is 10.2 Å². The Kier molecular flexibility index (Phi) is 4.30. The minimum atomic E-state index is 0.00351. The van der Waals surface area contributed by atoms with Gasteiger partial charge in [0.15, 0.2) is 0 Å². The molecule has 4 heterocycles. The molecular formula is C22H23N5O2. The van der Waals surface area contributed by atoms with Crippen molar-refractivity contribution in [2.45, 2.75) is 19.3 Å². The Morgan fingerprint density at radius 2 is 2.17 bits per heavy atom. The number of carbonyl (C=O) groups is 2. The van der Waals surface area contributed by atoms with E-state index in [9.17, 15) is 9.59 Å². The van der Waals surface area contributed by atoms with Crippen LogP contribution < -0.4 is 5.32 Å². The van der Waals surface area contributed by atoms with Crippen molar-refractivity contribution in [2.24, 2.45) is 18.9 Å². The maximum Gasteiger partial charge on any atom is 0.246 e. The highest BCUT2D eigenvalue weighted by molar-refractivity contribution is 5.94. The van der Waals surface area contributed by atoms with Crippen LogP contribution in [0.4, 0.5) is 5.82 Å². The van der Waals surface area contributed by atoms with Crippen LogP contribution in [0.1, 0.15) is 29.5 Å². The number of aryl methyl sites for hydroxylation is 2. The Labute approximate surface area is 169 Å². The van der Waals surface area contributed by atoms with Gasteiger partial charge in [-0.25, -0.2) is 4.98 Å². The zero-order valence-corrected chi connectivity index (χ0v) is 16.3. The van der Waals surface area contributed by atoms with E-state index in [1.54, 1.807) is 12.3 Å². The van der Waals surface area contributed by atoms with E-state index in [0.29, 0.717) is 30.5 Å². The van der Waals surface area contributed by atoms with Gasteiger partial charge in [-0.3, -0.25) is 14.3 Å². The first-order valence-corrected chi connectivity index (χ1v) is 10.0. The Bertz CT molecular complexity index is 1050. The Morgan fingerprint density at radius 3 is 2.97 bits per heavy atom. The number of amides is 2. The first-order chi connectivity index (χ1) is 14.0. The van der Waals surface area contributed by atoms with Gasteiger partial charge in [0.1, 0.15) is 5.82 Å². The van der Waals surface area contributed by atoms with Crippen LogP contribution in [0.25, 0.3) is 11.6 Å². The summed E-state index contributed by atoms with van der Waals surface area (Å²) in [5, 5.41) is 7.03. The molecule has 148 valence electrons. The lowest BCUT2D eigenvalue weighted by atomic mass is 9.99. The number of anilines is 1. The van der Waals surface area contributed by atoms with Crippen molar-refractivity contribution in [1.29, 1.82) is 0 Å². The molecular weight excluding hydrogens is 366 g/mol. The lowest BCUT2D eigenvalue weighted by Crippen LogP contribution is -2.27. The van der Waals surface area contributed by atoms with Crippen LogP contribution in [0.5, 0.6) is 0 Å². The molecule has 2 amide bonds. The molecule has 0 bridgehead atoms. The molecule has 0 spiro atoms. The summed E-state index contributed by atoms with van der Waals surface area (Å²) in [4.78, 5) is 30.3. The number of pyridine rings is 1. The molecule has 5 rings (SSSR count). The van der Waals surface area contributed by atoms with Gasteiger partial charge in [-0.15, -0.1) is 0 Å². The molecule has 2 atom stereocenters. The van der Waals surface area contributed by atoms with Gasteiger partial charge in [-0.1, -0.05) is 6.08 Å². The summed E-state index contributed by atoms with van der Waals surface area (Å²) in [6.45, 7) is 1.56. The average Bonchev–Trinajstić information content (AvgIpc) is 3.40. The number of hydrogen-bond donors (Lipinski definition) is 1. The van der Waals surface area contributed by atoms with Gasteiger partial charge in [0.05, 0.1) is 6.20 Å². The highest BCUT2D eigenvalue weighted by Crippen LogP contribution is 2.40. The number of allylic oxidation sites excluding steroid dienone is 1. The first-order valence-electron chi connectivity index (χ1n) is 10.0. The van der Waals surface area contributed by atoms with Crippen LogP contribution in [-0.2, 0) is 23.1 Å². The number of fused-ring (bicyclic) bond motifs is 2. The van der Waals surface area contributed by atoms with E-state index in [1.165, 1.54) is 11.1 Å². The minimum Gasteiger partial charge on any atom is -0.338 e. The number of rotatable bonds is 3.